The first-order chi connectivity index (χ1) is 9.48. The fraction of sp³-hybridized carbons (Fsp3) is 0.286. The molecule has 0 amide bonds. The molecule has 0 saturated carbocycles. The van der Waals surface area contributed by atoms with Gasteiger partial charge in [-0.15, -0.1) is 11.3 Å². The lowest BCUT2D eigenvalue weighted by molar-refractivity contribution is -0.142. The molecular formula is C14H13NO4S. The van der Waals surface area contributed by atoms with Crippen molar-refractivity contribution in [2.24, 2.45) is 0 Å². The second-order valence-corrected chi connectivity index (χ2v) is 5.89. The molecule has 104 valence electrons. The summed E-state index contributed by atoms with van der Waals surface area (Å²) in [6.45, 7) is 3.52. The van der Waals surface area contributed by atoms with E-state index in [9.17, 15) is 9.90 Å². The van der Waals surface area contributed by atoms with Gasteiger partial charge in [0.15, 0.2) is 11.5 Å². The molecule has 0 spiro atoms. The van der Waals surface area contributed by atoms with Gasteiger partial charge in [-0.25, -0.2) is 4.98 Å². The molecule has 1 aromatic carbocycles. The van der Waals surface area contributed by atoms with Crippen LogP contribution in [-0.4, -0.2) is 22.9 Å². The highest BCUT2D eigenvalue weighted by Crippen LogP contribution is 2.37. The third kappa shape index (κ3) is 2.02. The van der Waals surface area contributed by atoms with E-state index in [-0.39, 0.29) is 6.79 Å². The van der Waals surface area contributed by atoms with Gasteiger partial charge in [0.1, 0.15) is 10.4 Å². The van der Waals surface area contributed by atoms with Gasteiger partial charge in [-0.2, -0.15) is 0 Å². The van der Waals surface area contributed by atoms with Gasteiger partial charge < -0.3 is 14.6 Å². The molecule has 1 aliphatic heterocycles. The Labute approximate surface area is 119 Å². The summed E-state index contributed by atoms with van der Waals surface area (Å²) in [5, 5.41) is 11.8. The predicted molar refractivity (Wildman–Crippen MR) is 74.3 cm³/mol. The van der Waals surface area contributed by atoms with Crippen LogP contribution in [0.5, 0.6) is 11.5 Å². The Bertz CT molecular complexity index is 678. The Morgan fingerprint density at radius 1 is 1.35 bits per heavy atom. The first-order valence-electron chi connectivity index (χ1n) is 6.08. The Balaban J connectivity index is 1.96. The second-order valence-electron chi connectivity index (χ2n) is 5.04. The number of hydrogen-bond donors (Lipinski definition) is 1. The van der Waals surface area contributed by atoms with Gasteiger partial charge in [0, 0.05) is 10.9 Å². The molecule has 3 rings (SSSR count). The minimum Gasteiger partial charge on any atom is -0.481 e. The second kappa shape index (κ2) is 4.49. The molecule has 1 aliphatic rings. The van der Waals surface area contributed by atoms with E-state index >= 15 is 0 Å². The first kappa shape index (κ1) is 12.9. The van der Waals surface area contributed by atoms with Crippen molar-refractivity contribution in [1.29, 1.82) is 0 Å². The minimum absolute atomic E-state index is 0.230. The summed E-state index contributed by atoms with van der Waals surface area (Å²) in [4.78, 5) is 15.7. The summed E-state index contributed by atoms with van der Waals surface area (Å²) < 4.78 is 10.6. The Kier molecular flexibility index (Phi) is 2.90. The first-order valence-corrected chi connectivity index (χ1v) is 6.96. The maximum absolute atomic E-state index is 11.2. The fourth-order valence-corrected chi connectivity index (χ4v) is 2.82. The van der Waals surface area contributed by atoms with Crippen LogP contribution in [0.25, 0.3) is 10.6 Å². The van der Waals surface area contributed by atoms with E-state index in [2.05, 4.69) is 4.98 Å². The molecule has 1 aromatic heterocycles. The molecule has 1 N–H and O–H groups in total. The van der Waals surface area contributed by atoms with Crippen LogP contribution < -0.4 is 9.47 Å². The summed E-state index contributed by atoms with van der Waals surface area (Å²) >= 11 is 1.42. The SMILES string of the molecule is CC(C)(C(=O)O)c1csc(-c2ccc3c(c2)OCO3)n1. The van der Waals surface area contributed by atoms with E-state index < -0.39 is 11.4 Å². The number of hydrogen-bond acceptors (Lipinski definition) is 5. The van der Waals surface area contributed by atoms with Crippen molar-refractivity contribution in [2.75, 3.05) is 6.79 Å². The third-order valence-electron chi connectivity index (χ3n) is 3.30. The quantitative estimate of drug-likeness (QED) is 0.941. The maximum atomic E-state index is 11.2. The number of fused-ring (bicyclic) bond motifs is 1. The smallest absolute Gasteiger partial charge is 0.315 e. The lowest BCUT2D eigenvalue weighted by Crippen LogP contribution is -2.28. The van der Waals surface area contributed by atoms with Gasteiger partial charge in [-0.1, -0.05) is 0 Å². The van der Waals surface area contributed by atoms with E-state index in [1.807, 2.05) is 18.2 Å². The van der Waals surface area contributed by atoms with Gasteiger partial charge in [-0.3, -0.25) is 4.79 Å². The van der Waals surface area contributed by atoms with Crippen molar-refractivity contribution in [3.05, 3.63) is 29.3 Å². The van der Waals surface area contributed by atoms with E-state index in [0.717, 1.165) is 16.3 Å². The number of aliphatic carboxylic acids is 1. The monoisotopic (exact) mass is 291 g/mol. The van der Waals surface area contributed by atoms with E-state index in [0.29, 0.717) is 11.4 Å². The van der Waals surface area contributed by atoms with Crippen molar-refractivity contribution in [3.8, 4) is 22.1 Å². The number of carbonyl (C=O) groups is 1. The number of ether oxygens (including phenoxy) is 2. The number of carboxylic acid groups (broad SMARTS) is 1. The molecule has 0 unspecified atom stereocenters. The molecule has 0 atom stereocenters. The normalized spacial score (nSPS) is 13.5. The number of aromatic nitrogens is 1. The Hall–Kier alpha value is -2.08. The highest BCUT2D eigenvalue weighted by molar-refractivity contribution is 7.13. The molecule has 0 saturated heterocycles. The molecule has 0 fully saturated rings. The molecule has 0 radical (unpaired) electrons. The zero-order chi connectivity index (χ0) is 14.3. The number of nitrogens with zero attached hydrogens (tertiary/aromatic N) is 1. The van der Waals surface area contributed by atoms with Crippen LogP contribution in [0.4, 0.5) is 0 Å². The third-order valence-corrected chi connectivity index (χ3v) is 4.19. The summed E-state index contributed by atoms with van der Waals surface area (Å²) in [6.07, 6.45) is 0. The van der Waals surface area contributed by atoms with Crippen molar-refractivity contribution in [1.82, 2.24) is 4.98 Å². The molecule has 5 nitrogen and oxygen atoms in total. The largest absolute Gasteiger partial charge is 0.481 e. The van der Waals surface area contributed by atoms with Crippen LogP contribution in [0.2, 0.25) is 0 Å². The molecular weight excluding hydrogens is 278 g/mol. The Morgan fingerprint density at radius 3 is 2.85 bits per heavy atom. The van der Waals surface area contributed by atoms with Crippen LogP contribution in [-0.2, 0) is 10.2 Å². The summed E-state index contributed by atoms with van der Waals surface area (Å²) in [5.74, 6) is 0.521. The molecule has 2 heterocycles. The van der Waals surface area contributed by atoms with E-state index in [4.69, 9.17) is 9.47 Å². The minimum atomic E-state index is -0.995. The van der Waals surface area contributed by atoms with Crippen LogP contribution in [0.15, 0.2) is 23.6 Å². The average molecular weight is 291 g/mol. The van der Waals surface area contributed by atoms with Crippen LogP contribution in [0.3, 0.4) is 0 Å². The van der Waals surface area contributed by atoms with Crippen molar-refractivity contribution >= 4 is 17.3 Å². The van der Waals surface area contributed by atoms with Gasteiger partial charge in [0.25, 0.3) is 0 Å². The average Bonchev–Trinajstić information content (AvgIpc) is 3.06. The summed E-state index contributed by atoms with van der Waals surface area (Å²) in [5.41, 5.74) is 0.458. The van der Waals surface area contributed by atoms with E-state index in [1.54, 1.807) is 19.2 Å². The number of rotatable bonds is 3. The van der Waals surface area contributed by atoms with Crippen LogP contribution in [0, 0.1) is 0 Å². The maximum Gasteiger partial charge on any atom is 0.315 e. The standard InChI is InChI=1S/C14H13NO4S/c1-14(2,13(16)17)11-6-20-12(15-11)8-3-4-9-10(5-8)19-7-18-9/h3-6H,7H2,1-2H3,(H,16,17). The number of thiazole rings is 1. The van der Waals surface area contributed by atoms with Crippen LogP contribution in [0.1, 0.15) is 19.5 Å². The molecule has 6 heteroatoms. The molecule has 20 heavy (non-hydrogen) atoms. The Morgan fingerprint density at radius 2 is 2.10 bits per heavy atom. The predicted octanol–water partition coefficient (Wildman–Crippen LogP) is 2.90. The van der Waals surface area contributed by atoms with Crippen molar-refractivity contribution in [3.63, 3.8) is 0 Å². The molecule has 0 aliphatic carbocycles. The zero-order valence-corrected chi connectivity index (χ0v) is 11.9. The molecule has 2 aromatic rings. The van der Waals surface area contributed by atoms with E-state index in [1.165, 1.54) is 11.3 Å². The number of benzene rings is 1. The highest BCUT2D eigenvalue weighted by atomic mass is 32.1. The van der Waals surface area contributed by atoms with Gasteiger partial charge in [0.05, 0.1) is 5.69 Å². The number of carboxylic acids is 1. The van der Waals surface area contributed by atoms with Gasteiger partial charge in [0.2, 0.25) is 6.79 Å². The van der Waals surface area contributed by atoms with Gasteiger partial charge >= 0.3 is 5.97 Å². The lowest BCUT2D eigenvalue weighted by atomic mass is 9.90. The highest BCUT2D eigenvalue weighted by Gasteiger charge is 2.32. The van der Waals surface area contributed by atoms with Crippen molar-refractivity contribution in [2.45, 2.75) is 19.3 Å². The van der Waals surface area contributed by atoms with Gasteiger partial charge in [-0.05, 0) is 32.0 Å². The van der Waals surface area contributed by atoms with Crippen LogP contribution >= 0.6 is 11.3 Å². The fourth-order valence-electron chi connectivity index (χ4n) is 1.83. The lowest BCUT2D eigenvalue weighted by Gasteiger charge is -2.15. The van der Waals surface area contributed by atoms with Crippen molar-refractivity contribution < 1.29 is 19.4 Å². The summed E-state index contributed by atoms with van der Waals surface area (Å²) in [7, 11) is 0. The topological polar surface area (TPSA) is 68.7 Å². The summed E-state index contributed by atoms with van der Waals surface area (Å²) in [6, 6.07) is 5.59. The zero-order valence-electron chi connectivity index (χ0n) is 11.0. The molecule has 0 bridgehead atoms.